The molecule has 8 nitrogen and oxygen atoms in total. The quantitative estimate of drug-likeness (QED) is 0.320. The lowest BCUT2D eigenvalue weighted by atomic mass is 10.3. The lowest BCUT2D eigenvalue weighted by Gasteiger charge is -2.03. The Morgan fingerprint density at radius 3 is 3.10 bits per heavy atom. The molecule has 0 atom stereocenters. The molecule has 9 heteroatoms. The zero-order valence-corrected chi connectivity index (χ0v) is 11.9. The first-order chi connectivity index (χ1) is 9.70. The van der Waals surface area contributed by atoms with Crippen molar-refractivity contribution in [1.29, 1.82) is 0 Å². The van der Waals surface area contributed by atoms with Crippen LogP contribution in [0.5, 0.6) is 0 Å². The van der Waals surface area contributed by atoms with Crippen LogP contribution in [-0.2, 0) is 17.7 Å². The number of hydrazine groups is 1. The van der Waals surface area contributed by atoms with Crippen molar-refractivity contribution in [1.82, 2.24) is 25.4 Å². The van der Waals surface area contributed by atoms with Crippen LogP contribution in [0.2, 0.25) is 0 Å². The Labute approximate surface area is 119 Å². The summed E-state index contributed by atoms with van der Waals surface area (Å²) in [4.78, 5) is 16.6. The van der Waals surface area contributed by atoms with Crippen molar-refractivity contribution >= 4 is 17.2 Å². The number of nitrogens with zero attached hydrogens (tertiary/aromatic N) is 4. The summed E-state index contributed by atoms with van der Waals surface area (Å²) in [5.74, 6) is 4.55. The fourth-order valence-corrected chi connectivity index (χ4v) is 2.34. The summed E-state index contributed by atoms with van der Waals surface area (Å²) in [6, 6.07) is 0. The molecule has 0 aliphatic carbocycles. The number of nitrogens with one attached hydrogen (secondary N) is 1. The Morgan fingerprint density at radius 1 is 1.55 bits per heavy atom. The van der Waals surface area contributed by atoms with Gasteiger partial charge in [0.1, 0.15) is 0 Å². The van der Waals surface area contributed by atoms with E-state index in [1.165, 1.54) is 11.1 Å². The molecule has 0 fully saturated rings. The predicted molar refractivity (Wildman–Crippen MR) is 73.0 cm³/mol. The fraction of sp³-hybridized carbons (Fsp3) is 0.455. The van der Waals surface area contributed by atoms with Crippen molar-refractivity contribution in [3.05, 3.63) is 28.0 Å². The number of rotatable bonds is 7. The van der Waals surface area contributed by atoms with Gasteiger partial charge < -0.3 is 4.74 Å². The van der Waals surface area contributed by atoms with Gasteiger partial charge in [-0.1, -0.05) is 5.21 Å². The van der Waals surface area contributed by atoms with E-state index in [0.29, 0.717) is 19.8 Å². The molecule has 0 saturated heterocycles. The molecular weight excluding hydrogens is 280 g/mol. The monoisotopic (exact) mass is 296 g/mol. The molecule has 0 bridgehead atoms. The molecule has 0 radical (unpaired) electrons. The van der Waals surface area contributed by atoms with Crippen molar-refractivity contribution in [3.8, 4) is 0 Å². The maximum absolute atomic E-state index is 11.2. The van der Waals surface area contributed by atoms with E-state index >= 15 is 0 Å². The topological polar surface area (TPSA) is 108 Å². The van der Waals surface area contributed by atoms with Crippen LogP contribution in [0.25, 0.3) is 0 Å². The number of carbonyl (C=O) groups is 1. The summed E-state index contributed by atoms with van der Waals surface area (Å²) in [5, 5.41) is 7.51. The number of hydrogen-bond acceptors (Lipinski definition) is 7. The van der Waals surface area contributed by atoms with Gasteiger partial charge in [0.05, 0.1) is 37.2 Å². The van der Waals surface area contributed by atoms with Crippen LogP contribution in [0.1, 0.15) is 21.1 Å². The second-order valence-electron chi connectivity index (χ2n) is 4.06. The molecule has 0 aliphatic rings. The summed E-state index contributed by atoms with van der Waals surface area (Å²) in [7, 11) is 0. The summed E-state index contributed by atoms with van der Waals surface area (Å²) < 4.78 is 7.07. The first kappa shape index (κ1) is 14.6. The molecule has 0 spiro atoms. The van der Waals surface area contributed by atoms with Crippen LogP contribution in [0.3, 0.4) is 0 Å². The second-order valence-corrected chi connectivity index (χ2v) is 5.00. The van der Waals surface area contributed by atoms with Gasteiger partial charge in [-0.2, -0.15) is 0 Å². The van der Waals surface area contributed by atoms with Gasteiger partial charge in [-0.25, -0.2) is 15.5 Å². The average Bonchev–Trinajstić information content (AvgIpc) is 3.07. The van der Waals surface area contributed by atoms with Crippen LogP contribution in [0.4, 0.5) is 0 Å². The van der Waals surface area contributed by atoms with Gasteiger partial charge >= 0.3 is 0 Å². The molecule has 2 heterocycles. The third-order valence-electron chi connectivity index (χ3n) is 2.69. The largest absolute Gasteiger partial charge is 0.379 e. The number of hydrogen-bond donors (Lipinski definition) is 2. The standard InChI is InChI=1S/C11H16N6O2S/c1-8-10(20-7-13-8)2-4-19-5-3-17-6-9(15-16-17)11(18)14-12/h6-7H,2-5,12H2,1H3,(H,14,18). The van der Waals surface area contributed by atoms with E-state index in [-0.39, 0.29) is 5.69 Å². The first-order valence-electron chi connectivity index (χ1n) is 6.08. The van der Waals surface area contributed by atoms with Crippen LogP contribution < -0.4 is 11.3 Å². The normalized spacial score (nSPS) is 10.7. The molecule has 0 aliphatic heterocycles. The molecule has 0 unspecified atom stereocenters. The van der Waals surface area contributed by atoms with Crippen molar-refractivity contribution in [2.75, 3.05) is 13.2 Å². The summed E-state index contributed by atoms with van der Waals surface area (Å²) in [6.45, 7) is 3.66. The van der Waals surface area contributed by atoms with Crippen LogP contribution in [0, 0.1) is 6.92 Å². The summed E-state index contributed by atoms with van der Waals surface area (Å²) >= 11 is 1.64. The van der Waals surface area contributed by atoms with E-state index < -0.39 is 5.91 Å². The van der Waals surface area contributed by atoms with E-state index in [2.05, 4.69) is 15.3 Å². The van der Waals surface area contributed by atoms with E-state index in [4.69, 9.17) is 10.6 Å². The highest BCUT2D eigenvalue weighted by atomic mass is 32.1. The Morgan fingerprint density at radius 2 is 2.40 bits per heavy atom. The number of nitrogens with two attached hydrogens (primary N) is 1. The number of ether oxygens (including phenoxy) is 1. The predicted octanol–water partition coefficient (Wildman–Crippen LogP) is -0.0942. The third-order valence-corrected chi connectivity index (χ3v) is 3.68. The maximum atomic E-state index is 11.2. The van der Waals surface area contributed by atoms with E-state index in [9.17, 15) is 4.79 Å². The average molecular weight is 296 g/mol. The summed E-state index contributed by atoms with van der Waals surface area (Å²) in [5.41, 5.74) is 5.09. The number of thiazole rings is 1. The highest BCUT2D eigenvalue weighted by Gasteiger charge is 2.08. The van der Waals surface area contributed by atoms with E-state index in [1.807, 2.05) is 17.9 Å². The molecule has 0 saturated carbocycles. The van der Waals surface area contributed by atoms with Crippen LogP contribution >= 0.6 is 11.3 Å². The van der Waals surface area contributed by atoms with Gasteiger partial charge in [0.25, 0.3) is 5.91 Å². The fourth-order valence-electron chi connectivity index (χ4n) is 1.58. The van der Waals surface area contributed by atoms with E-state index in [1.54, 1.807) is 16.0 Å². The first-order valence-corrected chi connectivity index (χ1v) is 6.96. The van der Waals surface area contributed by atoms with Gasteiger partial charge in [-0.05, 0) is 6.92 Å². The molecular formula is C11H16N6O2S. The van der Waals surface area contributed by atoms with Gasteiger partial charge in [0, 0.05) is 11.3 Å². The SMILES string of the molecule is Cc1ncsc1CCOCCn1cc(C(=O)NN)nn1. The smallest absolute Gasteiger partial charge is 0.287 e. The number of aromatic nitrogens is 4. The molecule has 1 amide bonds. The number of nitrogen functional groups attached to an aromatic ring is 1. The number of amides is 1. The summed E-state index contributed by atoms with van der Waals surface area (Å²) in [6.07, 6.45) is 2.38. The Kier molecular flexibility index (Phi) is 5.16. The Hall–Kier alpha value is -1.84. The van der Waals surface area contributed by atoms with Crippen molar-refractivity contribution in [2.24, 2.45) is 5.84 Å². The Bertz CT molecular complexity index is 567. The molecule has 2 aromatic rings. The highest BCUT2D eigenvalue weighted by molar-refractivity contribution is 7.09. The lowest BCUT2D eigenvalue weighted by molar-refractivity contribution is 0.0948. The van der Waals surface area contributed by atoms with Gasteiger partial charge in [-0.3, -0.25) is 10.2 Å². The van der Waals surface area contributed by atoms with Crippen molar-refractivity contribution in [3.63, 3.8) is 0 Å². The Balaban J connectivity index is 1.67. The highest BCUT2D eigenvalue weighted by Crippen LogP contribution is 2.12. The minimum atomic E-state index is -0.460. The maximum Gasteiger partial charge on any atom is 0.287 e. The van der Waals surface area contributed by atoms with Crippen LogP contribution in [-0.4, -0.2) is 39.1 Å². The third kappa shape index (κ3) is 3.83. The molecule has 20 heavy (non-hydrogen) atoms. The zero-order valence-electron chi connectivity index (χ0n) is 11.1. The van der Waals surface area contributed by atoms with Gasteiger partial charge in [0.15, 0.2) is 5.69 Å². The minimum Gasteiger partial charge on any atom is -0.379 e. The molecule has 2 aromatic heterocycles. The lowest BCUT2D eigenvalue weighted by Crippen LogP contribution is -2.30. The number of carbonyl (C=O) groups excluding carboxylic acids is 1. The number of aryl methyl sites for hydroxylation is 1. The molecule has 3 N–H and O–H groups in total. The van der Waals surface area contributed by atoms with Crippen molar-refractivity contribution < 1.29 is 9.53 Å². The van der Waals surface area contributed by atoms with Crippen LogP contribution in [0.15, 0.2) is 11.7 Å². The molecule has 2 rings (SSSR count). The molecule has 108 valence electrons. The molecule has 0 aromatic carbocycles. The van der Waals surface area contributed by atoms with Crippen molar-refractivity contribution in [2.45, 2.75) is 19.9 Å². The van der Waals surface area contributed by atoms with Gasteiger partial charge in [-0.15, -0.1) is 16.4 Å². The van der Waals surface area contributed by atoms with E-state index in [0.717, 1.165) is 12.1 Å². The second kappa shape index (κ2) is 7.08. The zero-order chi connectivity index (χ0) is 14.4. The van der Waals surface area contributed by atoms with Gasteiger partial charge in [0.2, 0.25) is 0 Å². The minimum absolute atomic E-state index is 0.188.